The first kappa shape index (κ1) is 11.8. The van der Waals surface area contributed by atoms with Gasteiger partial charge >= 0.3 is 0 Å². The maximum atomic E-state index is 11.6. The summed E-state index contributed by atoms with van der Waals surface area (Å²) in [7, 11) is 0. The molecule has 0 spiro atoms. The quantitative estimate of drug-likeness (QED) is 0.661. The van der Waals surface area contributed by atoms with Gasteiger partial charge in [-0.05, 0) is 28.7 Å². The summed E-state index contributed by atoms with van der Waals surface area (Å²) < 4.78 is 0. The molecule has 0 aliphatic carbocycles. The van der Waals surface area contributed by atoms with E-state index in [-0.39, 0.29) is 11.2 Å². The van der Waals surface area contributed by atoms with Gasteiger partial charge in [-0.3, -0.25) is 4.79 Å². The van der Waals surface area contributed by atoms with Crippen LogP contribution < -0.4 is 0 Å². The second-order valence-electron chi connectivity index (χ2n) is 5.51. The Bertz CT molecular complexity index is 574. The Morgan fingerprint density at radius 1 is 0.941 bits per heavy atom. The monoisotopic (exact) mass is 226 g/mol. The van der Waals surface area contributed by atoms with Crippen LogP contribution >= 0.6 is 0 Å². The summed E-state index contributed by atoms with van der Waals surface area (Å²) >= 11 is 0. The van der Waals surface area contributed by atoms with Gasteiger partial charge in [-0.15, -0.1) is 0 Å². The zero-order valence-corrected chi connectivity index (χ0v) is 10.9. The molecule has 0 N–H and O–H groups in total. The summed E-state index contributed by atoms with van der Waals surface area (Å²) in [5.41, 5.74) is 2.20. The zero-order chi connectivity index (χ0) is 12.6. The second kappa shape index (κ2) is 3.99. The van der Waals surface area contributed by atoms with Crippen LogP contribution in [0.25, 0.3) is 10.8 Å². The molecule has 0 atom stereocenters. The van der Waals surface area contributed by atoms with Crippen LogP contribution in [-0.2, 0) is 5.41 Å². The van der Waals surface area contributed by atoms with Gasteiger partial charge in [-0.25, -0.2) is 0 Å². The van der Waals surface area contributed by atoms with E-state index in [1.54, 1.807) is 6.92 Å². The number of rotatable bonds is 1. The molecule has 0 radical (unpaired) electrons. The molecule has 88 valence electrons. The fourth-order valence-corrected chi connectivity index (χ4v) is 2.26. The highest BCUT2D eigenvalue weighted by molar-refractivity contribution is 6.08. The van der Waals surface area contributed by atoms with E-state index in [1.807, 2.05) is 24.3 Å². The Balaban J connectivity index is 2.85. The Morgan fingerprint density at radius 2 is 1.53 bits per heavy atom. The number of carbonyl (C=O) groups is 1. The molecule has 0 aliphatic heterocycles. The highest BCUT2D eigenvalue weighted by atomic mass is 16.1. The normalized spacial score (nSPS) is 11.8. The molecule has 0 fully saturated rings. The minimum atomic E-state index is 0.0922. The van der Waals surface area contributed by atoms with Crippen LogP contribution in [0.5, 0.6) is 0 Å². The van der Waals surface area contributed by atoms with Crippen LogP contribution in [-0.4, -0.2) is 5.78 Å². The number of fused-ring (bicyclic) bond motifs is 1. The minimum Gasteiger partial charge on any atom is -0.294 e. The van der Waals surface area contributed by atoms with Crippen LogP contribution in [0.2, 0.25) is 0 Å². The third-order valence-corrected chi connectivity index (χ3v) is 3.11. The average Bonchev–Trinajstić information content (AvgIpc) is 2.26. The largest absolute Gasteiger partial charge is 0.294 e. The van der Waals surface area contributed by atoms with Crippen molar-refractivity contribution in [3.05, 3.63) is 47.5 Å². The molecule has 2 aromatic carbocycles. The van der Waals surface area contributed by atoms with Crippen molar-refractivity contribution in [1.82, 2.24) is 0 Å². The van der Waals surface area contributed by atoms with Gasteiger partial charge in [-0.1, -0.05) is 57.2 Å². The lowest BCUT2D eigenvalue weighted by Crippen LogP contribution is -2.12. The standard InChI is InChI=1S/C16H18O/c1-11(17)12-9-10-15(16(2,3)4)14-8-6-5-7-13(12)14/h5-10H,1-4H3. The van der Waals surface area contributed by atoms with Crippen LogP contribution in [0.1, 0.15) is 43.6 Å². The number of hydrogen-bond acceptors (Lipinski definition) is 1. The van der Waals surface area contributed by atoms with Crippen LogP contribution in [0.15, 0.2) is 36.4 Å². The van der Waals surface area contributed by atoms with Crippen LogP contribution in [0.4, 0.5) is 0 Å². The predicted octanol–water partition coefficient (Wildman–Crippen LogP) is 4.34. The summed E-state index contributed by atoms with van der Waals surface area (Å²) in [6, 6.07) is 12.2. The van der Waals surface area contributed by atoms with Crippen LogP contribution in [0.3, 0.4) is 0 Å². The van der Waals surface area contributed by atoms with Gasteiger partial charge in [0.2, 0.25) is 0 Å². The van der Waals surface area contributed by atoms with Crippen molar-refractivity contribution in [2.45, 2.75) is 33.1 Å². The zero-order valence-electron chi connectivity index (χ0n) is 10.9. The second-order valence-corrected chi connectivity index (χ2v) is 5.51. The van der Waals surface area contributed by atoms with Gasteiger partial charge in [0.1, 0.15) is 0 Å². The average molecular weight is 226 g/mol. The first-order chi connectivity index (χ1) is 7.91. The molecule has 1 heteroatoms. The van der Waals surface area contributed by atoms with E-state index in [0.29, 0.717) is 0 Å². The lowest BCUT2D eigenvalue weighted by Gasteiger charge is -2.22. The minimum absolute atomic E-state index is 0.0922. The van der Waals surface area contributed by atoms with Crippen molar-refractivity contribution in [2.24, 2.45) is 0 Å². The molecule has 0 amide bonds. The molecular formula is C16H18O. The van der Waals surface area contributed by atoms with Gasteiger partial charge in [-0.2, -0.15) is 0 Å². The summed E-state index contributed by atoms with van der Waals surface area (Å²) in [4.78, 5) is 11.6. The lowest BCUT2D eigenvalue weighted by molar-refractivity contribution is 0.101. The molecule has 0 saturated carbocycles. The number of Topliss-reactive ketones (excluding diaryl/α,β-unsaturated/α-hetero) is 1. The van der Waals surface area contributed by atoms with Crippen molar-refractivity contribution >= 4 is 16.6 Å². The van der Waals surface area contributed by atoms with Gasteiger partial charge in [0.05, 0.1) is 0 Å². The molecule has 0 aromatic heterocycles. The van der Waals surface area contributed by atoms with E-state index in [0.717, 1.165) is 10.9 Å². The number of benzene rings is 2. The third kappa shape index (κ3) is 2.10. The molecule has 2 rings (SSSR count). The Labute approximate surface area is 102 Å². The topological polar surface area (TPSA) is 17.1 Å². The third-order valence-electron chi connectivity index (χ3n) is 3.11. The lowest BCUT2D eigenvalue weighted by atomic mass is 9.82. The van der Waals surface area contributed by atoms with Crippen LogP contribution in [0, 0.1) is 0 Å². The number of carbonyl (C=O) groups excluding carboxylic acids is 1. The van der Waals surface area contributed by atoms with Crippen molar-refractivity contribution in [1.29, 1.82) is 0 Å². The summed E-state index contributed by atoms with van der Waals surface area (Å²) in [6.07, 6.45) is 0. The molecular weight excluding hydrogens is 208 g/mol. The molecule has 0 bridgehead atoms. The Hall–Kier alpha value is -1.63. The highest BCUT2D eigenvalue weighted by Crippen LogP contribution is 2.31. The van der Waals surface area contributed by atoms with Gasteiger partial charge in [0.25, 0.3) is 0 Å². The fourth-order valence-electron chi connectivity index (χ4n) is 2.26. The molecule has 0 heterocycles. The van der Waals surface area contributed by atoms with E-state index in [9.17, 15) is 4.79 Å². The van der Waals surface area contributed by atoms with E-state index in [4.69, 9.17) is 0 Å². The Morgan fingerprint density at radius 3 is 2.06 bits per heavy atom. The Kier molecular flexibility index (Phi) is 2.78. The molecule has 17 heavy (non-hydrogen) atoms. The van der Waals surface area contributed by atoms with Crippen molar-refractivity contribution in [3.63, 3.8) is 0 Å². The molecule has 0 unspecified atom stereocenters. The SMILES string of the molecule is CC(=O)c1ccc(C(C)(C)C)c2ccccc12. The summed E-state index contributed by atoms with van der Waals surface area (Å²) in [5.74, 6) is 0.127. The molecule has 1 nitrogen and oxygen atoms in total. The number of hydrogen-bond donors (Lipinski definition) is 0. The van der Waals surface area contributed by atoms with Crippen molar-refractivity contribution < 1.29 is 4.79 Å². The summed E-state index contributed by atoms with van der Waals surface area (Å²) in [6.45, 7) is 8.21. The van der Waals surface area contributed by atoms with Crippen molar-refractivity contribution in [3.8, 4) is 0 Å². The van der Waals surface area contributed by atoms with Crippen molar-refractivity contribution in [2.75, 3.05) is 0 Å². The maximum absolute atomic E-state index is 11.6. The predicted molar refractivity (Wildman–Crippen MR) is 72.7 cm³/mol. The first-order valence-corrected chi connectivity index (χ1v) is 5.94. The van der Waals surface area contributed by atoms with E-state index < -0.39 is 0 Å². The summed E-state index contributed by atoms with van der Waals surface area (Å²) in [5, 5.41) is 2.25. The first-order valence-electron chi connectivity index (χ1n) is 5.94. The number of ketones is 1. The smallest absolute Gasteiger partial charge is 0.160 e. The van der Waals surface area contributed by atoms with Gasteiger partial charge in [0, 0.05) is 5.56 Å². The van der Waals surface area contributed by atoms with E-state index in [2.05, 4.69) is 32.9 Å². The van der Waals surface area contributed by atoms with E-state index >= 15 is 0 Å². The van der Waals surface area contributed by atoms with Gasteiger partial charge in [0.15, 0.2) is 5.78 Å². The highest BCUT2D eigenvalue weighted by Gasteiger charge is 2.18. The van der Waals surface area contributed by atoms with Gasteiger partial charge < -0.3 is 0 Å². The van der Waals surface area contributed by atoms with E-state index in [1.165, 1.54) is 10.9 Å². The molecule has 2 aromatic rings. The maximum Gasteiger partial charge on any atom is 0.160 e. The molecule has 0 saturated heterocycles. The molecule has 0 aliphatic rings. The fraction of sp³-hybridized carbons (Fsp3) is 0.312.